The molecule has 8 N–H and O–H groups in total. The van der Waals surface area contributed by atoms with Crippen molar-refractivity contribution in [2.24, 2.45) is 5.73 Å². The van der Waals surface area contributed by atoms with Crippen molar-refractivity contribution in [1.29, 1.82) is 0 Å². The van der Waals surface area contributed by atoms with E-state index in [2.05, 4.69) is 10.6 Å². The van der Waals surface area contributed by atoms with Gasteiger partial charge in [0, 0.05) is 25.9 Å². The maximum atomic E-state index is 12.8. The Labute approximate surface area is 225 Å². The molecule has 3 aliphatic heterocycles. The van der Waals surface area contributed by atoms with Crippen LogP contribution >= 0.6 is 0 Å². The van der Waals surface area contributed by atoms with E-state index in [9.17, 15) is 39.3 Å². The second-order valence-corrected chi connectivity index (χ2v) is 9.47. The zero-order valence-corrected chi connectivity index (χ0v) is 21.3. The fourth-order valence-corrected chi connectivity index (χ4v) is 4.69. The lowest BCUT2D eigenvalue weighted by Crippen LogP contribution is -2.54. The molecule has 1 aromatic heterocycles. The Balaban J connectivity index is 1.52. The number of hydrogen-bond acceptors (Lipinski definition) is 12. The monoisotopic (exact) mass is 569 g/mol. The van der Waals surface area contributed by atoms with E-state index in [4.69, 9.17) is 24.7 Å². The third kappa shape index (κ3) is 6.08. The van der Waals surface area contributed by atoms with Crippen molar-refractivity contribution >= 4 is 17.7 Å². The Morgan fingerprint density at radius 3 is 2.62 bits per heavy atom. The lowest BCUT2D eigenvalue weighted by molar-refractivity contribution is -0.241. The van der Waals surface area contributed by atoms with Crippen molar-refractivity contribution in [2.75, 3.05) is 13.7 Å². The van der Waals surface area contributed by atoms with Gasteiger partial charge in [0.25, 0.3) is 11.5 Å². The molecule has 17 heteroatoms. The van der Waals surface area contributed by atoms with Gasteiger partial charge in [0.15, 0.2) is 18.1 Å². The first-order valence-electron chi connectivity index (χ1n) is 12.5. The number of methoxy groups -OCH3 is 1. The molecule has 2 fully saturated rings. The highest BCUT2D eigenvalue weighted by Gasteiger charge is 2.52. The second-order valence-electron chi connectivity index (χ2n) is 9.47. The average molecular weight is 570 g/mol. The van der Waals surface area contributed by atoms with Crippen LogP contribution < -0.4 is 27.6 Å². The normalized spacial score (nSPS) is 33.2. The molecular formula is C23H31N5O12. The van der Waals surface area contributed by atoms with Crippen LogP contribution in [0.2, 0.25) is 0 Å². The fraction of sp³-hybridized carbons (Fsp3) is 0.609. The number of nitrogens with one attached hydrogen (secondary N) is 3. The summed E-state index contributed by atoms with van der Waals surface area (Å²) < 4.78 is 22.9. The minimum atomic E-state index is -1.84. The highest BCUT2D eigenvalue weighted by Crippen LogP contribution is 2.34. The van der Waals surface area contributed by atoms with E-state index in [1.165, 1.54) is 7.11 Å². The van der Waals surface area contributed by atoms with E-state index in [1.54, 1.807) is 0 Å². The van der Waals surface area contributed by atoms with Crippen LogP contribution in [0, 0.1) is 0 Å². The first-order valence-corrected chi connectivity index (χ1v) is 12.5. The predicted molar refractivity (Wildman–Crippen MR) is 130 cm³/mol. The summed E-state index contributed by atoms with van der Waals surface area (Å²) in [6.45, 7) is 0.470. The van der Waals surface area contributed by atoms with Crippen LogP contribution in [-0.2, 0) is 33.3 Å². The molecule has 0 radical (unpaired) electrons. The third-order valence-electron chi connectivity index (χ3n) is 6.76. The maximum Gasteiger partial charge on any atom is 0.330 e. The molecule has 0 aliphatic carbocycles. The first-order chi connectivity index (χ1) is 19.0. The molecular weight excluding hydrogens is 538 g/mol. The molecule has 9 atom stereocenters. The van der Waals surface area contributed by atoms with Crippen LogP contribution in [0.15, 0.2) is 33.7 Å². The quantitative estimate of drug-likeness (QED) is 0.156. The van der Waals surface area contributed by atoms with Gasteiger partial charge in [-0.05, 0) is 25.3 Å². The predicted octanol–water partition coefficient (Wildman–Crippen LogP) is -4.57. The highest BCUT2D eigenvalue weighted by atomic mass is 16.7. The molecule has 1 aromatic rings. The zero-order chi connectivity index (χ0) is 29.1. The van der Waals surface area contributed by atoms with Crippen LogP contribution in [0.25, 0.3) is 0 Å². The number of nitrogens with zero attached hydrogens (tertiary/aromatic N) is 1. The third-order valence-corrected chi connectivity index (χ3v) is 6.76. The number of H-pyrrole nitrogens is 1. The SMILES string of the molecule is CO[C@H]1[C@@H](O)[C@H](n2ccc(=O)[nH]c2=O)O[C@@H]1[C@@H](O[C@@H]1OC(C(=O)N[C@H]2CCCCNC2=O)=C[C@@H](O)[C@H]1O)C(N)=O. The number of nitrogens with two attached hydrogens (primary N) is 1. The van der Waals surface area contributed by atoms with Crippen LogP contribution in [0.1, 0.15) is 25.5 Å². The number of hydrogen-bond donors (Lipinski definition) is 7. The van der Waals surface area contributed by atoms with Gasteiger partial charge in [-0.3, -0.25) is 28.7 Å². The van der Waals surface area contributed by atoms with Crippen LogP contribution in [0.5, 0.6) is 0 Å². The summed E-state index contributed by atoms with van der Waals surface area (Å²) >= 11 is 0. The molecule has 0 saturated carbocycles. The summed E-state index contributed by atoms with van der Waals surface area (Å²) in [6.07, 6.45) is -9.13. The Kier molecular flexibility index (Phi) is 9.02. The fourth-order valence-electron chi connectivity index (χ4n) is 4.69. The van der Waals surface area contributed by atoms with Crippen LogP contribution in [0.4, 0.5) is 0 Å². The van der Waals surface area contributed by atoms with Gasteiger partial charge >= 0.3 is 5.69 Å². The smallest absolute Gasteiger partial charge is 0.330 e. The van der Waals surface area contributed by atoms with Crippen molar-refractivity contribution in [3.05, 3.63) is 44.9 Å². The summed E-state index contributed by atoms with van der Waals surface area (Å²) in [4.78, 5) is 63.2. The Hall–Kier alpha value is -3.61. The summed E-state index contributed by atoms with van der Waals surface area (Å²) in [5.74, 6) is -2.91. The number of carbonyl (C=O) groups is 3. The van der Waals surface area contributed by atoms with Gasteiger partial charge in [0.05, 0.1) is 0 Å². The van der Waals surface area contributed by atoms with Gasteiger partial charge in [0.2, 0.25) is 18.1 Å². The van der Waals surface area contributed by atoms with Gasteiger partial charge in [-0.25, -0.2) is 4.79 Å². The number of carbonyl (C=O) groups excluding carboxylic acids is 3. The van der Waals surface area contributed by atoms with Crippen molar-refractivity contribution in [2.45, 2.75) is 74.4 Å². The van der Waals surface area contributed by atoms with E-state index in [0.29, 0.717) is 19.4 Å². The molecule has 0 spiro atoms. The Morgan fingerprint density at radius 2 is 1.95 bits per heavy atom. The highest BCUT2D eigenvalue weighted by molar-refractivity contribution is 5.95. The van der Waals surface area contributed by atoms with E-state index < -0.39 is 84.0 Å². The van der Waals surface area contributed by atoms with E-state index >= 15 is 0 Å². The molecule has 17 nitrogen and oxygen atoms in total. The second kappa shape index (κ2) is 12.3. The van der Waals surface area contributed by atoms with E-state index in [0.717, 1.165) is 29.3 Å². The number of ether oxygens (including phenoxy) is 4. The van der Waals surface area contributed by atoms with Gasteiger partial charge in [-0.1, -0.05) is 0 Å². The largest absolute Gasteiger partial charge is 0.456 e. The van der Waals surface area contributed by atoms with Crippen molar-refractivity contribution in [1.82, 2.24) is 20.2 Å². The van der Waals surface area contributed by atoms with E-state index in [-0.39, 0.29) is 5.91 Å². The topological polar surface area (TPSA) is 254 Å². The average Bonchev–Trinajstić information content (AvgIpc) is 3.08. The minimum Gasteiger partial charge on any atom is -0.456 e. The molecule has 0 aromatic carbocycles. The molecule has 4 rings (SSSR count). The van der Waals surface area contributed by atoms with Crippen molar-refractivity contribution in [3.63, 3.8) is 0 Å². The molecule has 4 heterocycles. The van der Waals surface area contributed by atoms with Gasteiger partial charge in [-0.2, -0.15) is 0 Å². The standard InChI is InChI=1S/C23H31N5O12/c1-37-15-14(32)21(28-7-5-12(30)27-23(28)36)39-16(15)17(18(24)33)40-22-13(31)10(29)8-11(38-22)20(35)26-9-4-2-3-6-25-19(9)34/h5,7-10,13-17,21-22,29,31-32H,2-4,6H2,1H3,(H2,24,33)(H,25,34)(H,26,35)(H,27,30,36)/t9-,10+,13+,14+,15-,16-,17+,21+,22-/m0/s1. The van der Waals surface area contributed by atoms with Gasteiger partial charge in [0.1, 0.15) is 36.6 Å². The minimum absolute atomic E-state index is 0.374. The molecule has 3 amide bonds. The molecule has 3 aliphatic rings. The number of amides is 3. The van der Waals surface area contributed by atoms with Gasteiger partial charge < -0.3 is 50.6 Å². The Bertz CT molecular complexity index is 1260. The molecule has 220 valence electrons. The first kappa shape index (κ1) is 29.4. The maximum absolute atomic E-state index is 12.8. The summed E-state index contributed by atoms with van der Waals surface area (Å²) in [5, 5.41) is 36.8. The number of aromatic nitrogens is 2. The number of aliphatic hydroxyl groups is 3. The van der Waals surface area contributed by atoms with Crippen molar-refractivity contribution < 1.29 is 48.7 Å². The van der Waals surface area contributed by atoms with Crippen molar-refractivity contribution in [3.8, 4) is 0 Å². The Morgan fingerprint density at radius 1 is 1.20 bits per heavy atom. The molecule has 40 heavy (non-hydrogen) atoms. The zero-order valence-electron chi connectivity index (χ0n) is 21.3. The molecule has 0 unspecified atom stereocenters. The number of rotatable bonds is 8. The van der Waals surface area contributed by atoms with Crippen LogP contribution in [0.3, 0.4) is 0 Å². The lowest BCUT2D eigenvalue weighted by Gasteiger charge is -2.35. The summed E-state index contributed by atoms with van der Waals surface area (Å²) in [5.41, 5.74) is 3.91. The number of primary amides is 1. The number of aliphatic hydroxyl groups excluding tert-OH is 3. The van der Waals surface area contributed by atoms with Gasteiger partial charge in [-0.15, -0.1) is 0 Å². The van der Waals surface area contributed by atoms with E-state index in [1.807, 2.05) is 4.98 Å². The number of aromatic amines is 1. The summed E-state index contributed by atoms with van der Waals surface area (Å²) in [6, 6.07) is 0.158. The van der Waals surface area contributed by atoms with Crippen LogP contribution in [-0.4, -0.2) is 105 Å². The lowest BCUT2D eigenvalue weighted by atomic mass is 10.0. The summed E-state index contributed by atoms with van der Waals surface area (Å²) in [7, 11) is 1.19. The molecule has 0 bridgehead atoms. The molecule has 2 saturated heterocycles.